The summed E-state index contributed by atoms with van der Waals surface area (Å²) >= 11 is 0. The van der Waals surface area contributed by atoms with E-state index in [0.717, 1.165) is 6.42 Å². The summed E-state index contributed by atoms with van der Waals surface area (Å²) in [6.07, 6.45) is 6.27. The summed E-state index contributed by atoms with van der Waals surface area (Å²) in [5.41, 5.74) is 5.49. The lowest BCUT2D eigenvalue weighted by molar-refractivity contribution is -0.128. The van der Waals surface area contributed by atoms with Crippen LogP contribution in [0.4, 0.5) is 0 Å². The first-order valence-corrected chi connectivity index (χ1v) is 7.54. The average Bonchev–Trinajstić information content (AvgIpc) is 2.38. The normalized spacial score (nSPS) is 25.2. The molecule has 0 aromatic heterocycles. The maximum absolute atomic E-state index is 12.3. The first kappa shape index (κ1) is 15.5. The molecule has 2 unspecified atom stereocenters. The lowest BCUT2D eigenvalue weighted by Gasteiger charge is -2.37. The molecule has 0 aliphatic heterocycles. The molecule has 1 amide bonds. The minimum absolute atomic E-state index is 0.0463. The first-order chi connectivity index (χ1) is 8.44. The van der Waals surface area contributed by atoms with Gasteiger partial charge in [0, 0.05) is 6.04 Å². The molecule has 1 fully saturated rings. The summed E-state index contributed by atoms with van der Waals surface area (Å²) in [6, 6.07) is 0.326. The van der Waals surface area contributed by atoms with Crippen LogP contribution in [0, 0.1) is 11.8 Å². The fourth-order valence-corrected chi connectivity index (χ4v) is 3.02. The van der Waals surface area contributed by atoms with E-state index in [2.05, 4.69) is 19.2 Å². The van der Waals surface area contributed by atoms with E-state index >= 15 is 0 Å². The smallest absolute Gasteiger partial charge is 0.240 e. The van der Waals surface area contributed by atoms with Crippen LogP contribution in [0.2, 0.25) is 0 Å². The van der Waals surface area contributed by atoms with Crippen molar-refractivity contribution < 1.29 is 4.79 Å². The van der Waals surface area contributed by atoms with Crippen molar-refractivity contribution in [2.75, 3.05) is 0 Å². The van der Waals surface area contributed by atoms with Gasteiger partial charge in [0.15, 0.2) is 0 Å². The zero-order valence-electron chi connectivity index (χ0n) is 12.5. The van der Waals surface area contributed by atoms with Gasteiger partial charge in [-0.1, -0.05) is 40.5 Å². The van der Waals surface area contributed by atoms with Gasteiger partial charge in [-0.15, -0.1) is 0 Å². The second-order valence-corrected chi connectivity index (χ2v) is 6.14. The lowest BCUT2D eigenvalue weighted by Crippen LogP contribution is -2.57. The minimum atomic E-state index is -0.682. The number of nitrogens with one attached hydrogen (secondary N) is 1. The van der Waals surface area contributed by atoms with Gasteiger partial charge in [-0.2, -0.15) is 0 Å². The zero-order valence-corrected chi connectivity index (χ0v) is 12.5. The van der Waals surface area contributed by atoms with E-state index in [1.54, 1.807) is 0 Å². The molecule has 0 bridgehead atoms. The quantitative estimate of drug-likeness (QED) is 0.792. The summed E-state index contributed by atoms with van der Waals surface area (Å²) < 4.78 is 0. The molecule has 1 rings (SSSR count). The number of rotatable bonds is 5. The highest BCUT2D eigenvalue weighted by Crippen LogP contribution is 2.30. The minimum Gasteiger partial charge on any atom is -0.351 e. The summed E-state index contributed by atoms with van der Waals surface area (Å²) in [7, 11) is 0. The van der Waals surface area contributed by atoms with Crippen LogP contribution >= 0.6 is 0 Å². The van der Waals surface area contributed by atoms with Crippen LogP contribution in [0.15, 0.2) is 0 Å². The molecule has 2 atom stereocenters. The van der Waals surface area contributed by atoms with E-state index in [1.807, 2.05) is 13.8 Å². The van der Waals surface area contributed by atoms with E-state index in [-0.39, 0.29) is 5.91 Å². The van der Waals surface area contributed by atoms with Crippen LogP contribution in [-0.2, 0) is 4.79 Å². The summed E-state index contributed by atoms with van der Waals surface area (Å²) in [5, 5.41) is 3.23. The molecular weight excluding hydrogens is 224 g/mol. The van der Waals surface area contributed by atoms with E-state index in [0.29, 0.717) is 30.7 Å². The monoisotopic (exact) mass is 254 g/mol. The summed E-state index contributed by atoms with van der Waals surface area (Å²) in [6.45, 7) is 8.49. The number of carbonyl (C=O) groups is 1. The Kier molecular flexibility index (Phi) is 5.64. The van der Waals surface area contributed by atoms with Crippen molar-refractivity contribution in [2.45, 2.75) is 77.8 Å². The molecule has 1 aliphatic rings. The molecule has 0 aromatic rings. The van der Waals surface area contributed by atoms with Gasteiger partial charge >= 0.3 is 0 Å². The Labute approximate surface area is 112 Å². The Morgan fingerprint density at radius 1 is 1.28 bits per heavy atom. The molecule has 0 spiro atoms. The molecule has 0 saturated heterocycles. The van der Waals surface area contributed by atoms with Crippen LogP contribution in [0.3, 0.4) is 0 Å². The molecule has 18 heavy (non-hydrogen) atoms. The van der Waals surface area contributed by atoms with Gasteiger partial charge in [0.2, 0.25) is 5.91 Å². The Balaban J connectivity index is 2.67. The van der Waals surface area contributed by atoms with Crippen molar-refractivity contribution in [3.05, 3.63) is 0 Å². The second-order valence-electron chi connectivity index (χ2n) is 6.14. The van der Waals surface area contributed by atoms with E-state index < -0.39 is 5.54 Å². The molecule has 1 saturated carbocycles. The van der Waals surface area contributed by atoms with Gasteiger partial charge < -0.3 is 11.1 Å². The molecule has 0 heterocycles. The van der Waals surface area contributed by atoms with Crippen LogP contribution in [0.1, 0.15) is 66.2 Å². The van der Waals surface area contributed by atoms with Crippen molar-refractivity contribution in [3.8, 4) is 0 Å². The Morgan fingerprint density at radius 3 is 2.33 bits per heavy atom. The van der Waals surface area contributed by atoms with Crippen molar-refractivity contribution >= 4 is 5.91 Å². The third-order valence-corrected chi connectivity index (χ3v) is 4.71. The second kappa shape index (κ2) is 6.55. The van der Waals surface area contributed by atoms with E-state index in [4.69, 9.17) is 5.73 Å². The summed E-state index contributed by atoms with van der Waals surface area (Å²) in [5.74, 6) is 1.29. The van der Waals surface area contributed by atoms with Gasteiger partial charge in [0.25, 0.3) is 0 Å². The molecule has 3 nitrogen and oxygen atoms in total. The van der Waals surface area contributed by atoms with E-state index in [9.17, 15) is 4.79 Å². The Morgan fingerprint density at radius 2 is 1.83 bits per heavy atom. The van der Waals surface area contributed by atoms with Crippen molar-refractivity contribution in [1.29, 1.82) is 0 Å². The van der Waals surface area contributed by atoms with Crippen molar-refractivity contribution in [2.24, 2.45) is 17.6 Å². The van der Waals surface area contributed by atoms with Gasteiger partial charge in [0.05, 0.1) is 5.54 Å². The predicted octanol–water partition coefficient (Wildman–Crippen LogP) is 2.83. The van der Waals surface area contributed by atoms with Gasteiger partial charge in [0.1, 0.15) is 0 Å². The number of carbonyl (C=O) groups excluding carboxylic acids is 1. The van der Waals surface area contributed by atoms with Crippen LogP contribution in [0.5, 0.6) is 0 Å². The lowest BCUT2D eigenvalue weighted by atomic mass is 9.77. The molecule has 0 aromatic carbocycles. The molecule has 0 radical (unpaired) electrons. The van der Waals surface area contributed by atoms with E-state index in [1.165, 1.54) is 19.3 Å². The number of nitrogens with two attached hydrogens (primary N) is 1. The first-order valence-electron chi connectivity index (χ1n) is 7.54. The number of amides is 1. The van der Waals surface area contributed by atoms with Gasteiger partial charge in [-0.25, -0.2) is 0 Å². The number of hydrogen-bond donors (Lipinski definition) is 2. The maximum atomic E-state index is 12.3. The van der Waals surface area contributed by atoms with Crippen LogP contribution in [-0.4, -0.2) is 17.5 Å². The summed E-state index contributed by atoms with van der Waals surface area (Å²) in [4.78, 5) is 12.3. The highest BCUT2D eigenvalue weighted by Gasteiger charge is 2.35. The van der Waals surface area contributed by atoms with Crippen molar-refractivity contribution in [1.82, 2.24) is 5.32 Å². The van der Waals surface area contributed by atoms with Gasteiger partial charge in [-0.05, 0) is 37.5 Å². The standard InChI is InChI=1S/C15H30N2O/c1-5-15(16,6-2)14(18)17-13-10-8-7-9-12(13)11(3)4/h11-13H,5-10,16H2,1-4H3,(H,17,18). The SMILES string of the molecule is CCC(N)(CC)C(=O)NC1CCCCC1C(C)C. The largest absolute Gasteiger partial charge is 0.351 e. The highest BCUT2D eigenvalue weighted by molar-refractivity contribution is 5.86. The molecule has 3 heteroatoms. The Hall–Kier alpha value is -0.570. The van der Waals surface area contributed by atoms with Crippen LogP contribution in [0.25, 0.3) is 0 Å². The fraction of sp³-hybridized carbons (Fsp3) is 0.933. The molecule has 106 valence electrons. The third kappa shape index (κ3) is 3.47. The zero-order chi connectivity index (χ0) is 13.8. The van der Waals surface area contributed by atoms with Crippen LogP contribution < -0.4 is 11.1 Å². The third-order valence-electron chi connectivity index (χ3n) is 4.71. The molecular formula is C15H30N2O. The van der Waals surface area contributed by atoms with Gasteiger partial charge in [-0.3, -0.25) is 4.79 Å². The topological polar surface area (TPSA) is 55.1 Å². The highest BCUT2D eigenvalue weighted by atomic mass is 16.2. The predicted molar refractivity (Wildman–Crippen MR) is 76.2 cm³/mol. The average molecular weight is 254 g/mol. The molecule has 1 aliphatic carbocycles. The maximum Gasteiger partial charge on any atom is 0.240 e. The fourth-order valence-electron chi connectivity index (χ4n) is 3.02. The molecule has 3 N–H and O–H groups in total. The number of hydrogen-bond acceptors (Lipinski definition) is 2. The Bertz CT molecular complexity index is 272. The van der Waals surface area contributed by atoms with Crippen molar-refractivity contribution in [3.63, 3.8) is 0 Å².